The summed E-state index contributed by atoms with van der Waals surface area (Å²) in [6, 6.07) is 0. The molecule has 0 saturated carbocycles. The molecule has 4 nitrogen and oxygen atoms in total. The molecule has 86 valence electrons. The van der Waals surface area contributed by atoms with E-state index in [2.05, 4.69) is 25.3 Å². The smallest absolute Gasteiger partial charge is 1.00 e. The Morgan fingerprint density at radius 2 is 1.93 bits per heavy atom. The number of hydrogen-bond donors (Lipinski definition) is 4. The molecule has 0 radical (unpaired) electrons. The molecule has 0 spiro atoms. The fraction of sp³-hybridized carbons (Fsp3) is 0.857. The van der Waals surface area contributed by atoms with E-state index in [1.165, 1.54) is 0 Å². The van der Waals surface area contributed by atoms with Gasteiger partial charge in [-0.3, -0.25) is 4.79 Å². The Hall–Kier alpha value is 1.28. The number of aliphatic carboxylic acids is 1. The van der Waals surface area contributed by atoms with Gasteiger partial charge in [0.2, 0.25) is 0 Å². The van der Waals surface area contributed by atoms with Crippen LogP contribution in [0.15, 0.2) is 0 Å². The fourth-order valence-corrected chi connectivity index (χ4v) is 1.81. The van der Waals surface area contributed by atoms with Crippen molar-refractivity contribution in [1.82, 2.24) is 0 Å². The molecule has 0 heterocycles. The summed E-state index contributed by atoms with van der Waals surface area (Å²) < 4.78 is 18.7. The molecule has 0 fully saturated rings. The van der Waals surface area contributed by atoms with Crippen molar-refractivity contribution in [3.05, 3.63) is 0 Å². The van der Waals surface area contributed by atoms with Gasteiger partial charge in [0.15, 0.2) is 11.1 Å². The summed E-state index contributed by atoms with van der Waals surface area (Å²) >= 11 is 6.21. The van der Waals surface area contributed by atoms with Crippen LogP contribution in [0.3, 0.4) is 0 Å². The normalized spacial score (nSPS) is 16.2. The minimum Gasteiger partial charge on any atom is -1.00 e. The molecule has 2 N–H and O–H groups in total. The third kappa shape index (κ3) is 10.2. The van der Waals surface area contributed by atoms with Crippen molar-refractivity contribution in [3.8, 4) is 0 Å². The molecule has 0 bridgehead atoms. The van der Waals surface area contributed by atoms with Gasteiger partial charge in [-0.05, 0) is 12.8 Å². The van der Waals surface area contributed by atoms with E-state index in [0.29, 0.717) is 19.3 Å². The molecular weight excluding hydrogens is 267 g/mol. The maximum absolute atomic E-state index is 10.5. The maximum atomic E-state index is 10.5. The van der Waals surface area contributed by atoms with E-state index < -0.39 is 22.3 Å². The van der Waals surface area contributed by atoms with Gasteiger partial charge in [0.05, 0.1) is 0 Å². The van der Waals surface area contributed by atoms with Crippen molar-refractivity contribution in [1.29, 1.82) is 0 Å². The number of carboxylic acid groups (broad SMARTS) is 1. The van der Waals surface area contributed by atoms with E-state index in [4.69, 9.17) is 9.66 Å². The average molecular weight is 282 g/mol. The Morgan fingerprint density at radius 1 is 1.40 bits per heavy atom. The topological polar surface area (TPSA) is 74.6 Å². The van der Waals surface area contributed by atoms with Crippen LogP contribution in [0.4, 0.5) is 0 Å². The minimum atomic E-state index is -1.76. The van der Waals surface area contributed by atoms with Crippen LogP contribution in [0.2, 0.25) is 0 Å². The quantitative estimate of drug-likeness (QED) is 0.192. The van der Waals surface area contributed by atoms with Gasteiger partial charge in [0.1, 0.15) is 5.25 Å². The molecule has 3 atom stereocenters. The molecule has 0 rings (SSSR count). The van der Waals surface area contributed by atoms with E-state index in [-0.39, 0.29) is 42.0 Å². The van der Waals surface area contributed by atoms with Gasteiger partial charge in [-0.25, -0.2) is 4.21 Å². The number of carboxylic acids is 1. The van der Waals surface area contributed by atoms with Crippen LogP contribution in [-0.2, 0) is 15.9 Å². The van der Waals surface area contributed by atoms with Crippen LogP contribution < -0.4 is 29.6 Å². The molecule has 0 aliphatic carbocycles. The minimum absolute atomic E-state index is 0. The van der Waals surface area contributed by atoms with Crippen molar-refractivity contribution in [2.24, 2.45) is 0 Å². The number of rotatable bonds is 7. The van der Waals surface area contributed by atoms with E-state index in [1.54, 1.807) is 0 Å². The first-order valence-corrected chi connectivity index (χ1v) is 6.42. The summed E-state index contributed by atoms with van der Waals surface area (Å²) in [6.45, 7) is 0. The van der Waals surface area contributed by atoms with Gasteiger partial charge >= 0.3 is 35.5 Å². The van der Waals surface area contributed by atoms with Crippen LogP contribution in [0.5, 0.6) is 0 Å². The predicted molar refractivity (Wildman–Crippen MR) is 63.8 cm³/mol. The van der Waals surface area contributed by atoms with Crippen molar-refractivity contribution in [2.45, 2.75) is 29.8 Å². The summed E-state index contributed by atoms with van der Waals surface area (Å²) in [5.41, 5.74) is 0. The van der Waals surface area contributed by atoms with E-state index in [1.807, 2.05) is 0 Å². The molecule has 0 aromatic rings. The van der Waals surface area contributed by atoms with E-state index in [9.17, 15) is 9.00 Å². The molecule has 0 saturated heterocycles. The summed E-state index contributed by atoms with van der Waals surface area (Å²) in [7, 11) is 0. The van der Waals surface area contributed by atoms with Crippen LogP contribution >= 0.6 is 25.3 Å². The van der Waals surface area contributed by atoms with Crippen LogP contribution in [0.1, 0.15) is 20.7 Å². The summed E-state index contributed by atoms with van der Waals surface area (Å²) in [6.07, 6.45) is 1.87. The van der Waals surface area contributed by atoms with Gasteiger partial charge in [0, 0.05) is 11.0 Å². The Bertz CT molecular complexity index is 220. The molecule has 3 unspecified atom stereocenters. The zero-order valence-electron chi connectivity index (χ0n) is 9.50. The number of hydrogen-bond acceptors (Lipinski definition) is 4. The average Bonchev–Trinajstić information content (AvgIpc) is 2.10. The molecule has 0 aliphatic rings. The van der Waals surface area contributed by atoms with Gasteiger partial charge in [-0.2, -0.15) is 25.3 Å². The van der Waals surface area contributed by atoms with E-state index in [0.717, 1.165) is 0 Å². The Kier molecular flexibility index (Phi) is 13.0. The Labute approximate surface area is 126 Å². The summed E-state index contributed by atoms with van der Waals surface area (Å²) in [5.74, 6) is -0.760. The van der Waals surface area contributed by atoms with Gasteiger partial charge < -0.3 is 11.1 Å². The SMILES string of the molecule is O=C(O)C(S)C(S)CCCCS(=O)O.[H-].[Na+]. The summed E-state index contributed by atoms with van der Waals surface area (Å²) in [4.78, 5) is 10.5. The second kappa shape index (κ2) is 10.4. The maximum Gasteiger partial charge on any atom is 1.00 e. The standard InChI is InChI=1S/C7H14O4S3.Na.H/c8-7(9)6(13)5(12)3-1-2-4-14(10)11;;/h5-6,12-13H,1-4H2,(H,8,9)(H,10,11);;/q;+1;-1. The van der Waals surface area contributed by atoms with Crippen molar-refractivity contribution in [2.75, 3.05) is 5.75 Å². The molecular formula is C7H15NaO4S3. The number of carbonyl (C=O) groups is 1. The van der Waals surface area contributed by atoms with Crippen LogP contribution in [0.25, 0.3) is 0 Å². The number of unbranched alkanes of at least 4 members (excludes halogenated alkanes) is 1. The molecule has 15 heavy (non-hydrogen) atoms. The van der Waals surface area contributed by atoms with Crippen LogP contribution in [-0.4, -0.2) is 36.1 Å². The first kappa shape index (κ1) is 18.6. The van der Waals surface area contributed by atoms with Gasteiger partial charge in [-0.1, -0.05) is 6.42 Å². The zero-order valence-corrected chi connectivity index (χ0v) is 13.1. The predicted octanol–water partition coefficient (Wildman–Crippen LogP) is -1.82. The summed E-state index contributed by atoms with van der Waals surface area (Å²) in [5, 5.41) is 7.49. The molecule has 0 amide bonds. The second-order valence-electron chi connectivity index (χ2n) is 2.87. The fourth-order valence-electron chi connectivity index (χ4n) is 0.901. The third-order valence-electron chi connectivity index (χ3n) is 1.69. The van der Waals surface area contributed by atoms with Gasteiger partial charge in [-0.15, -0.1) is 0 Å². The number of thiol groups is 2. The van der Waals surface area contributed by atoms with Crippen molar-refractivity contribution in [3.63, 3.8) is 0 Å². The zero-order chi connectivity index (χ0) is 11.1. The third-order valence-corrected chi connectivity index (χ3v) is 3.70. The first-order chi connectivity index (χ1) is 6.45. The molecule has 0 aromatic heterocycles. The van der Waals surface area contributed by atoms with Crippen LogP contribution in [0, 0.1) is 0 Å². The first-order valence-electron chi connectivity index (χ1n) is 4.11. The monoisotopic (exact) mass is 282 g/mol. The van der Waals surface area contributed by atoms with Crippen molar-refractivity contribution >= 4 is 42.3 Å². The Morgan fingerprint density at radius 3 is 2.33 bits per heavy atom. The molecule has 8 heteroatoms. The second-order valence-corrected chi connectivity index (χ2v) is 5.14. The largest absolute Gasteiger partial charge is 1.00 e. The molecule has 0 aliphatic heterocycles. The molecule has 0 aromatic carbocycles. The van der Waals surface area contributed by atoms with E-state index >= 15 is 0 Å². The van der Waals surface area contributed by atoms with Gasteiger partial charge in [0.25, 0.3) is 0 Å². The Balaban J connectivity index is -0.000000845. The van der Waals surface area contributed by atoms with Crippen molar-refractivity contribution < 1.29 is 49.6 Å².